The topological polar surface area (TPSA) is 89.7 Å². The molecule has 1 heterocycles. The predicted molar refractivity (Wildman–Crippen MR) is 113 cm³/mol. The summed E-state index contributed by atoms with van der Waals surface area (Å²) in [5.74, 6) is 2.11. The number of nitrogens with zero attached hydrogens (tertiary/aromatic N) is 3. The number of ether oxygens (including phenoxy) is 2. The van der Waals surface area contributed by atoms with E-state index >= 15 is 0 Å². The Morgan fingerprint density at radius 3 is 2.73 bits per heavy atom. The Hall–Kier alpha value is -3.26. The third-order valence-corrected chi connectivity index (χ3v) is 4.55. The molecular weight excluding hydrogens is 408 g/mol. The highest BCUT2D eigenvalue weighted by Gasteiger charge is 2.14. The predicted octanol–water partition coefficient (Wildman–Crippen LogP) is 4.33. The van der Waals surface area contributed by atoms with E-state index in [0.29, 0.717) is 46.9 Å². The fourth-order valence-corrected chi connectivity index (χ4v) is 2.75. The van der Waals surface area contributed by atoms with Gasteiger partial charge in [0.1, 0.15) is 11.5 Å². The first kappa shape index (κ1) is 21.4. The molecule has 0 saturated carbocycles. The minimum atomic E-state index is -0.256. The van der Waals surface area contributed by atoms with Crippen LogP contribution in [-0.2, 0) is 13.0 Å². The molecule has 2 amide bonds. The summed E-state index contributed by atoms with van der Waals surface area (Å²) in [5.41, 5.74) is 1.64. The highest BCUT2D eigenvalue weighted by molar-refractivity contribution is 6.30. The maximum atomic E-state index is 12.5. The van der Waals surface area contributed by atoms with Gasteiger partial charge in [0.2, 0.25) is 0 Å². The Balaban J connectivity index is 1.48. The third-order valence-electron chi connectivity index (χ3n) is 4.30. The van der Waals surface area contributed by atoms with Crippen molar-refractivity contribution >= 4 is 23.3 Å². The number of likely N-dealkylation sites (N-methyl/N-ethyl adjacent to an activating group) is 1. The number of rotatable bonds is 8. The number of benzene rings is 2. The molecule has 0 spiro atoms. The first-order chi connectivity index (χ1) is 14.4. The van der Waals surface area contributed by atoms with Crippen LogP contribution in [0.2, 0.25) is 5.02 Å². The van der Waals surface area contributed by atoms with E-state index < -0.39 is 0 Å². The highest BCUT2D eigenvalue weighted by Crippen LogP contribution is 2.25. The average molecular weight is 431 g/mol. The second-order valence-corrected chi connectivity index (χ2v) is 7.09. The van der Waals surface area contributed by atoms with E-state index in [9.17, 15) is 4.79 Å². The summed E-state index contributed by atoms with van der Waals surface area (Å²) in [6, 6.07) is 12.3. The van der Waals surface area contributed by atoms with Gasteiger partial charge in [0.05, 0.1) is 12.8 Å². The number of hydrogen-bond acceptors (Lipinski definition) is 6. The number of aromatic nitrogens is 2. The van der Waals surface area contributed by atoms with Crippen LogP contribution in [0.1, 0.15) is 17.3 Å². The van der Waals surface area contributed by atoms with E-state index in [1.54, 1.807) is 43.3 Å². The number of aryl methyl sites for hydroxylation is 1. The number of hydrogen-bond donors (Lipinski definition) is 1. The number of anilines is 1. The van der Waals surface area contributed by atoms with Gasteiger partial charge in [-0.15, -0.1) is 0 Å². The van der Waals surface area contributed by atoms with Crippen LogP contribution in [0, 0.1) is 6.92 Å². The molecule has 1 N–H and O–H groups in total. The van der Waals surface area contributed by atoms with Crippen LogP contribution in [0.5, 0.6) is 11.5 Å². The number of nitrogens with one attached hydrogen (secondary N) is 1. The Labute approximate surface area is 179 Å². The van der Waals surface area contributed by atoms with Crippen LogP contribution < -0.4 is 14.8 Å². The molecule has 0 bridgehead atoms. The van der Waals surface area contributed by atoms with Crippen LogP contribution in [0.4, 0.5) is 10.5 Å². The Bertz CT molecular complexity index is 991. The van der Waals surface area contributed by atoms with Crippen LogP contribution in [-0.4, -0.2) is 41.8 Å². The van der Waals surface area contributed by atoms with Gasteiger partial charge in [0.15, 0.2) is 12.4 Å². The van der Waals surface area contributed by atoms with Crippen molar-refractivity contribution in [1.29, 1.82) is 0 Å². The molecule has 3 aromatic rings. The summed E-state index contributed by atoms with van der Waals surface area (Å²) < 4.78 is 16.1. The molecule has 0 saturated heterocycles. The lowest BCUT2D eigenvalue weighted by Gasteiger charge is -2.18. The Morgan fingerprint density at radius 1 is 1.23 bits per heavy atom. The second kappa shape index (κ2) is 9.98. The van der Waals surface area contributed by atoms with Crippen LogP contribution >= 0.6 is 11.6 Å². The van der Waals surface area contributed by atoms with Crippen LogP contribution in [0.15, 0.2) is 47.0 Å². The van der Waals surface area contributed by atoms with E-state index in [0.717, 1.165) is 5.56 Å². The Morgan fingerprint density at radius 2 is 2.00 bits per heavy atom. The summed E-state index contributed by atoms with van der Waals surface area (Å²) in [5, 5.41) is 7.42. The molecule has 8 nitrogen and oxygen atoms in total. The van der Waals surface area contributed by atoms with E-state index in [-0.39, 0.29) is 12.6 Å². The molecule has 9 heteroatoms. The summed E-state index contributed by atoms with van der Waals surface area (Å²) in [6.07, 6.45) is 0.444. The maximum Gasteiger partial charge on any atom is 0.321 e. The molecular formula is C21H23ClN4O4. The van der Waals surface area contributed by atoms with Crippen molar-refractivity contribution in [2.75, 3.05) is 26.0 Å². The van der Waals surface area contributed by atoms with Gasteiger partial charge in [0, 0.05) is 25.0 Å². The van der Waals surface area contributed by atoms with Crippen molar-refractivity contribution in [1.82, 2.24) is 15.0 Å². The van der Waals surface area contributed by atoms with Crippen molar-refractivity contribution < 1.29 is 18.8 Å². The lowest BCUT2D eigenvalue weighted by Crippen LogP contribution is -2.33. The van der Waals surface area contributed by atoms with Gasteiger partial charge in [0.25, 0.3) is 5.89 Å². The average Bonchev–Trinajstić information content (AvgIpc) is 3.19. The van der Waals surface area contributed by atoms with Gasteiger partial charge in [-0.3, -0.25) is 0 Å². The van der Waals surface area contributed by atoms with E-state index in [4.69, 9.17) is 25.6 Å². The number of carbonyl (C=O) groups excluding carboxylic acids is 1. The molecule has 0 aliphatic carbocycles. The summed E-state index contributed by atoms with van der Waals surface area (Å²) in [6.45, 7) is 2.51. The highest BCUT2D eigenvalue weighted by atomic mass is 35.5. The molecule has 2 aromatic carbocycles. The molecule has 158 valence electrons. The summed E-state index contributed by atoms with van der Waals surface area (Å²) in [7, 11) is 3.26. The lowest BCUT2D eigenvalue weighted by molar-refractivity contribution is 0.222. The molecule has 30 heavy (non-hydrogen) atoms. The number of urea groups is 1. The SMILES string of the molecule is COc1ccc(C)cc1NC(=O)N(C)CCc1noc(COc2ccc(Cl)cc2)n1. The zero-order chi connectivity index (χ0) is 21.5. The maximum absolute atomic E-state index is 12.5. The first-order valence-corrected chi connectivity index (χ1v) is 9.69. The van der Waals surface area contributed by atoms with Gasteiger partial charge in [-0.2, -0.15) is 4.98 Å². The standard InChI is InChI=1S/C21H23ClN4O4/c1-14-4-9-18(28-3)17(12-14)23-21(27)26(2)11-10-19-24-20(30-25-19)13-29-16-7-5-15(22)6-8-16/h4-9,12H,10-11,13H2,1-3H3,(H,23,27). The van der Waals surface area contributed by atoms with Gasteiger partial charge in [-0.05, 0) is 48.9 Å². The smallest absolute Gasteiger partial charge is 0.321 e. The van der Waals surface area contributed by atoms with E-state index in [2.05, 4.69) is 15.5 Å². The molecule has 1 aromatic heterocycles. The third kappa shape index (κ3) is 5.87. The molecule has 0 aliphatic rings. The molecule has 0 unspecified atom stereocenters. The zero-order valence-corrected chi connectivity index (χ0v) is 17.8. The van der Waals surface area contributed by atoms with Crippen molar-refractivity contribution in [2.24, 2.45) is 0 Å². The van der Waals surface area contributed by atoms with Crippen molar-refractivity contribution in [3.8, 4) is 11.5 Å². The van der Waals surface area contributed by atoms with Crippen LogP contribution in [0.3, 0.4) is 0 Å². The Kier molecular flexibility index (Phi) is 7.13. The largest absolute Gasteiger partial charge is 0.495 e. The second-order valence-electron chi connectivity index (χ2n) is 6.65. The fraction of sp³-hybridized carbons (Fsp3) is 0.286. The molecule has 0 fully saturated rings. The molecule has 0 radical (unpaired) electrons. The van der Waals surface area contributed by atoms with Crippen molar-refractivity contribution in [3.05, 3.63) is 64.8 Å². The van der Waals surface area contributed by atoms with Crippen LogP contribution in [0.25, 0.3) is 0 Å². The van der Waals surface area contributed by atoms with Gasteiger partial charge >= 0.3 is 6.03 Å². The van der Waals surface area contributed by atoms with Gasteiger partial charge < -0.3 is 24.2 Å². The fourth-order valence-electron chi connectivity index (χ4n) is 2.63. The van der Waals surface area contributed by atoms with Gasteiger partial charge in [-0.25, -0.2) is 4.79 Å². The van der Waals surface area contributed by atoms with Crippen molar-refractivity contribution in [2.45, 2.75) is 20.0 Å². The minimum absolute atomic E-state index is 0.151. The summed E-state index contributed by atoms with van der Waals surface area (Å²) in [4.78, 5) is 18.3. The summed E-state index contributed by atoms with van der Waals surface area (Å²) >= 11 is 5.85. The van der Waals surface area contributed by atoms with E-state index in [1.165, 1.54) is 0 Å². The minimum Gasteiger partial charge on any atom is -0.495 e. The lowest BCUT2D eigenvalue weighted by atomic mass is 10.2. The van der Waals surface area contributed by atoms with Gasteiger partial charge in [-0.1, -0.05) is 22.8 Å². The quantitative estimate of drug-likeness (QED) is 0.572. The number of halogens is 1. The molecule has 0 atom stereocenters. The molecule has 3 rings (SSSR count). The van der Waals surface area contributed by atoms with E-state index in [1.807, 2.05) is 25.1 Å². The number of carbonyl (C=O) groups is 1. The van der Waals surface area contributed by atoms with Crippen molar-refractivity contribution in [3.63, 3.8) is 0 Å². The number of amides is 2. The normalized spacial score (nSPS) is 10.5. The zero-order valence-electron chi connectivity index (χ0n) is 17.0. The number of methoxy groups -OCH3 is 1. The molecule has 0 aliphatic heterocycles. The monoisotopic (exact) mass is 430 g/mol. The first-order valence-electron chi connectivity index (χ1n) is 9.31.